The Balaban J connectivity index is 1.30. The second kappa shape index (κ2) is 9.61. The Hall–Kier alpha value is -1.08. The van der Waals surface area contributed by atoms with E-state index in [-0.39, 0.29) is 0 Å². The number of rotatable bonds is 6. The van der Waals surface area contributed by atoms with Gasteiger partial charge in [0.2, 0.25) is 0 Å². The van der Waals surface area contributed by atoms with E-state index in [0.717, 1.165) is 30.3 Å². The summed E-state index contributed by atoms with van der Waals surface area (Å²) >= 11 is 0. The van der Waals surface area contributed by atoms with Gasteiger partial charge in [0.25, 0.3) is 0 Å². The molecule has 1 heteroatoms. The zero-order valence-electron chi connectivity index (χ0n) is 18.2. The Kier molecular flexibility index (Phi) is 6.94. The molecule has 4 rings (SSSR count). The second-order valence-electron chi connectivity index (χ2n) is 9.79. The van der Waals surface area contributed by atoms with Gasteiger partial charge in [-0.25, -0.2) is 0 Å². The van der Waals surface area contributed by atoms with Crippen molar-refractivity contribution in [1.82, 2.24) is 0 Å². The highest BCUT2D eigenvalue weighted by molar-refractivity contribution is 5.34. The van der Waals surface area contributed by atoms with Crippen molar-refractivity contribution < 1.29 is 4.74 Å². The summed E-state index contributed by atoms with van der Waals surface area (Å²) in [6.45, 7) is 5.17. The Labute approximate surface area is 173 Å². The lowest BCUT2D eigenvalue weighted by Crippen LogP contribution is -2.37. The SMILES string of the molecule is C/C=C/CO[C@@H]1CC[C@@H]2CC(C3CCc4cc(CCC)ccc4C3)CCC2C1. The molecule has 0 heterocycles. The highest BCUT2D eigenvalue weighted by Gasteiger charge is 2.38. The highest BCUT2D eigenvalue weighted by atomic mass is 16.5. The maximum Gasteiger partial charge on any atom is 0.0651 e. The molecule has 2 saturated carbocycles. The first-order chi connectivity index (χ1) is 13.8. The number of hydrogen-bond acceptors (Lipinski definition) is 1. The van der Waals surface area contributed by atoms with E-state index >= 15 is 0 Å². The summed E-state index contributed by atoms with van der Waals surface area (Å²) in [6, 6.07) is 7.38. The van der Waals surface area contributed by atoms with Crippen LogP contribution >= 0.6 is 0 Å². The molecule has 3 aliphatic rings. The minimum absolute atomic E-state index is 0.521. The predicted molar refractivity (Wildman–Crippen MR) is 119 cm³/mol. The first kappa shape index (κ1) is 20.2. The molecule has 2 fully saturated rings. The number of aryl methyl sites for hydroxylation is 2. The van der Waals surface area contributed by atoms with Gasteiger partial charge in [-0.1, -0.05) is 43.7 Å². The molecular formula is C27H40O. The number of ether oxygens (including phenoxy) is 1. The van der Waals surface area contributed by atoms with Crippen LogP contribution in [-0.2, 0) is 24.0 Å². The van der Waals surface area contributed by atoms with Crippen LogP contribution in [0.5, 0.6) is 0 Å². The van der Waals surface area contributed by atoms with E-state index in [1.54, 1.807) is 16.7 Å². The molecule has 0 N–H and O–H groups in total. The number of fused-ring (bicyclic) bond motifs is 2. The van der Waals surface area contributed by atoms with Gasteiger partial charge < -0.3 is 4.74 Å². The summed E-state index contributed by atoms with van der Waals surface area (Å²) in [5.74, 6) is 3.83. The minimum atomic E-state index is 0.521. The van der Waals surface area contributed by atoms with Gasteiger partial charge in [0.15, 0.2) is 0 Å². The smallest absolute Gasteiger partial charge is 0.0651 e. The third-order valence-corrected chi connectivity index (χ3v) is 8.01. The normalized spacial score (nSPS) is 32.9. The fraction of sp³-hybridized carbons (Fsp3) is 0.704. The van der Waals surface area contributed by atoms with Crippen molar-refractivity contribution in [3.63, 3.8) is 0 Å². The van der Waals surface area contributed by atoms with E-state index in [1.807, 2.05) is 0 Å². The van der Waals surface area contributed by atoms with Gasteiger partial charge in [-0.3, -0.25) is 0 Å². The zero-order chi connectivity index (χ0) is 19.3. The van der Waals surface area contributed by atoms with Crippen LogP contribution in [-0.4, -0.2) is 12.7 Å². The lowest BCUT2D eigenvalue weighted by atomic mass is 9.62. The molecule has 0 amide bonds. The van der Waals surface area contributed by atoms with Gasteiger partial charge in [-0.05, 0) is 111 Å². The largest absolute Gasteiger partial charge is 0.374 e. The molecule has 3 unspecified atom stereocenters. The molecule has 0 bridgehead atoms. The molecule has 0 saturated heterocycles. The van der Waals surface area contributed by atoms with E-state index in [0.29, 0.717) is 6.10 Å². The van der Waals surface area contributed by atoms with E-state index in [1.165, 1.54) is 70.6 Å². The first-order valence-corrected chi connectivity index (χ1v) is 12.1. The van der Waals surface area contributed by atoms with Gasteiger partial charge in [-0.2, -0.15) is 0 Å². The van der Waals surface area contributed by atoms with Crippen LogP contribution < -0.4 is 0 Å². The summed E-state index contributed by atoms with van der Waals surface area (Å²) in [6.07, 6.45) is 19.8. The first-order valence-electron chi connectivity index (χ1n) is 12.1. The predicted octanol–water partition coefficient (Wildman–Crippen LogP) is 6.92. The van der Waals surface area contributed by atoms with Crippen molar-refractivity contribution in [3.05, 3.63) is 47.0 Å². The average Bonchev–Trinajstić information content (AvgIpc) is 2.73. The van der Waals surface area contributed by atoms with Gasteiger partial charge >= 0.3 is 0 Å². The van der Waals surface area contributed by atoms with Crippen molar-refractivity contribution in [1.29, 1.82) is 0 Å². The molecule has 5 atom stereocenters. The molecule has 1 aromatic carbocycles. The van der Waals surface area contributed by atoms with Crippen LogP contribution in [0.1, 0.15) is 81.9 Å². The van der Waals surface area contributed by atoms with E-state index in [2.05, 4.69) is 44.2 Å². The summed E-state index contributed by atoms with van der Waals surface area (Å²) in [5, 5.41) is 0. The fourth-order valence-electron chi connectivity index (χ4n) is 6.43. The summed E-state index contributed by atoms with van der Waals surface area (Å²) in [7, 11) is 0. The standard InChI is InChI=1S/C27H40O/c1-3-5-15-28-27-14-13-25-18-24(11-12-26(25)19-27)23-10-9-21-16-20(6-4-2)7-8-22(21)17-23/h3,5,7-8,16,23-27H,4,6,9-15,17-19H2,1-2H3/b5-3+/t23?,24?,25-,26?,27-/m1/s1. The van der Waals surface area contributed by atoms with E-state index < -0.39 is 0 Å². The maximum atomic E-state index is 6.09. The minimum Gasteiger partial charge on any atom is -0.374 e. The van der Waals surface area contributed by atoms with Crippen LogP contribution in [0.2, 0.25) is 0 Å². The Morgan fingerprint density at radius 1 is 0.929 bits per heavy atom. The van der Waals surface area contributed by atoms with Crippen molar-refractivity contribution in [2.75, 3.05) is 6.61 Å². The molecule has 154 valence electrons. The molecule has 1 aromatic rings. The lowest BCUT2D eigenvalue weighted by Gasteiger charge is -2.45. The highest BCUT2D eigenvalue weighted by Crippen LogP contribution is 2.47. The average molecular weight is 381 g/mol. The molecule has 1 nitrogen and oxygen atoms in total. The molecule has 3 aliphatic carbocycles. The number of benzene rings is 1. The quantitative estimate of drug-likeness (QED) is 0.487. The molecule has 0 radical (unpaired) electrons. The number of allylic oxidation sites excluding steroid dienone is 1. The van der Waals surface area contributed by atoms with Crippen LogP contribution in [0.3, 0.4) is 0 Å². The van der Waals surface area contributed by atoms with Gasteiger partial charge in [0, 0.05) is 0 Å². The van der Waals surface area contributed by atoms with Crippen LogP contribution in [0.15, 0.2) is 30.4 Å². The second-order valence-corrected chi connectivity index (χ2v) is 9.79. The summed E-state index contributed by atoms with van der Waals surface area (Å²) in [5.41, 5.74) is 4.88. The Morgan fingerprint density at radius 3 is 2.54 bits per heavy atom. The molecule has 0 aromatic heterocycles. The van der Waals surface area contributed by atoms with Crippen LogP contribution in [0.25, 0.3) is 0 Å². The monoisotopic (exact) mass is 380 g/mol. The maximum absolute atomic E-state index is 6.09. The van der Waals surface area contributed by atoms with Crippen molar-refractivity contribution in [3.8, 4) is 0 Å². The van der Waals surface area contributed by atoms with Crippen molar-refractivity contribution in [2.24, 2.45) is 23.7 Å². The zero-order valence-corrected chi connectivity index (χ0v) is 18.2. The summed E-state index contributed by atoms with van der Waals surface area (Å²) in [4.78, 5) is 0. The van der Waals surface area contributed by atoms with Crippen molar-refractivity contribution >= 4 is 0 Å². The molecule has 28 heavy (non-hydrogen) atoms. The molecule has 0 spiro atoms. The number of hydrogen-bond donors (Lipinski definition) is 0. The molecular weight excluding hydrogens is 340 g/mol. The lowest BCUT2D eigenvalue weighted by molar-refractivity contribution is -0.0138. The van der Waals surface area contributed by atoms with Gasteiger partial charge in [-0.15, -0.1) is 0 Å². The third kappa shape index (κ3) is 4.73. The third-order valence-electron chi connectivity index (χ3n) is 8.01. The van der Waals surface area contributed by atoms with E-state index in [4.69, 9.17) is 4.74 Å². The molecule has 0 aliphatic heterocycles. The van der Waals surface area contributed by atoms with Gasteiger partial charge in [0.1, 0.15) is 0 Å². The van der Waals surface area contributed by atoms with Crippen molar-refractivity contribution in [2.45, 2.75) is 90.6 Å². The topological polar surface area (TPSA) is 9.23 Å². The Bertz CT molecular complexity index is 660. The van der Waals surface area contributed by atoms with Crippen LogP contribution in [0, 0.1) is 23.7 Å². The fourth-order valence-corrected chi connectivity index (χ4v) is 6.43. The van der Waals surface area contributed by atoms with E-state index in [9.17, 15) is 0 Å². The summed E-state index contributed by atoms with van der Waals surface area (Å²) < 4.78 is 6.09. The van der Waals surface area contributed by atoms with Crippen LogP contribution in [0.4, 0.5) is 0 Å². The Morgan fingerprint density at radius 2 is 1.71 bits per heavy atom. The van der Waals surface area contributed by atoms with Gasteiger partial charge in [0.05, 0.1) is 12.7 Å².